The van der Waals surface area contributed by atoms with Crippen molar-refractivity contribution < 1.29 is 4.79 Å². The molecule has 3 N–H and O–H groups in total. The quantitative estimate of drug-likeness (QED) is 0.653. The molecule has 0 aromatic rings. The zero-order valence-electron chi connectivity index (χ0n) is 8.97. The Bertz CT molecular complexity index is 144. The smallest absolute Gasteiger partial charge is 0.224 e. The molecule has 1 amide bonds. The number of amides is 1. The van der Waals surface area contributed by atoms with E-state index in [2.05, 4.69) is 19.2 Å². The van der Waals surface area contributed by atoms with Gasteiger partial charge in [0.05, 0.1) is 0 Å². The Morgan fingerprint density at radius 2 is 1.92 bits per heavy atom. The van der Waals surface area contributed by atoms with Crippen LogP contribution in [-0.2, 0) is 4.79 Å². The van der Waals surface area contributed by atoms with Crippen LogP contribution >= 0.6 is 0 Å². The van der Waals surface area contributed by atoms with Crippen molar-refractivity contribution >= 4 is 5.91 Å². The molecule has 0 rings (SSSR count). The van der Waals surface area contributed by atoms with E-state index in [1.807, 2.05) is 6.92 Å². The van der Waals surface area contributed by atoms with Gasteiger partial charge in [0, 0.05) is 19.0 Å². The minimum absolute atomic E-state index is 0.0608. The summed E-state index contributed by atoms with van der Waals surface area (Å²) in [5.74, 6) is 0.623. The summed E-state index contributed by atoms with van der Waals surface area (Å²) < 4.78 is 0. The highest BCUT2D eigenvalue weighted by atomic mass is 16.1. The molecule has 0 bridgehead atoms. The average Bonchev–Trinajstić information content (AvgIpc) is 2.17. The van der Waals surface area contributed by atoms with Crippen LogP contribution in [0, 0.1) is 11.8 Å². The van der Waals surface area contributed by atoms with E-state index in [4.69, 9.17) is 5.73 Å². The first-order valence-electron chi connectivity index (χ1n) is 5.13. The first-order valence-corrected chi connectivity index (χ1v) is 5.13. The summed E-state index contributed by atoms with van der Waals surface area (Å²) in [4.78, 5) is 11.3. The van der Waals surface area contributed by atoms with Gasteiger partial charge in [0.2, 0.25) is 5.91 Å². The lowest BCUT2D eigenvalue weighted by atomic mass is 10.0. The molecule has 0 aromatic carbocycles. The average molecular weight is 186 g/mol. The predicted octanol–water partition coefficient (Wildman–Crippen LogP) is 1.13. The van der Waals surface area contributed by atoms with E-state index in [9.17, 15) is 4.79 Å². The Morgan fingerprint density at radius 1 is 1.38 bits per heavy atom. The van der Waals surface area contributed by atoms with Gasteiger partial charge in [-0.2, -0.15) is 0 Å². The molecule has 13 heavy (non-hydrogen) atoms. The fraction of sp³-hybridized carbons (Fsp3) is 0.900. The molecule has 0 spiro atoms. The van der Waals surface area contributed by atoms with Gasteiger partial charge in [-0.1, -0.05) is 33.6 Å². The molecule has 0 heterocycles. The molecule has 1 atom stereocenters. The monoisotopic (exact) mass is 186 g/mol. The largest absolute Gasteiger partial charge is 0.356 e. The van der Waals surface area contributed by atoms with Crippen LogP contribution in [-0.4, -0.2) is 19.0 Å². The molecule has 3 heteroatoms. The Morgan fingerprint density at radius 3 is 2.31 bits per heavy atom. The van der Waals surface area contributed by atoms with Gasteiger partial charge in [0.1, 0.15) is 0 Å². The summed E-state index contributed by atoms with van der Waals surface area (Å²) in [6, 6.07) is 0. The van der Waals surface area contributed by atoms with Crippen molar-refractivity contribution in [3.05, 3.63) is 0 Å². The highest BCUT2D eigenvalue weighted by Gasteiger charge is 2.11. The molecular formula is C10H22N2O. The molecule has 0 fully saturated rings. The van der Waals surface area contributed by atoms with Crippen LogP contribution in [0.2, 0.25) is 0 Å². The second-order valence-corrected chi connectivity index (χ2v) is 3.56. The number of rotatable bonds is 6. The van der Waals surface area contributed by atoms with Gasteiger partial charge in [0.25, 0.3) is 0 Å². The zero-order valence-corrected chi connectivity index (χ0v) is 8.97. The van der Waals surface area contributed by atoms with E-state index >= 15 is 0 Å². The Kier molecular flexibility index (Phi) is 6.59. The van der Waals surface area contributed by atoms with E-state index in [1.165, 1.54) is 0 Å². The number of carbonyl (C=O) groups excluding carboxylic acids is 1. The fourth-order valence-corrected chi connectivity index (χ4v) is 1.10. The maximum atomic E-state index is 11.3. The van der Waals surface area contributed by atoms with E-state index in [0.717, 1.165) is 19.4 Å². The van der Waals surface area contributed by atoms with Crippen molar-refractivity contribution in [3.63, 3.8) is 0 Å². The van der Waals surface area contributed by atoms with Crippen LogP contribution in [0.3, 0.4) is 0 Å². The summed E-state index contributed by atoms with van der Waals surface area (Å²) >= 11 is 0. The van der Waals surface area contributed by atoms with Crippen LogP contribution < -0.4 is 11.1 Å². The number of nitrogens with two attached hydrogens (primary N) is 1. The fourth-order valence-electron chi connectivity index (χ4n) is 1.10. The van der Waals surface area contributed by atoms with Gasteiger partial charge in [0.15, 0.2) is 0 Å². The summed E-state index contributed by atoms with van der Waals surface area (Å²) in [7, 11) is 0. The molecular weight excluding hydrogens is 164 g/mol. The highest BCUT2D eigenvalue weighted by Crippen LogP contribution is 2.05. The summed E-state index contributed by atoms with van der Waals surface area (Å²) in [5.41, 5.74) is 5.38. The minimum Gasteiger partial charge on any atom is -0.356 e. The van der Waals surface area contributed by atoms with Crippen LogP contribution in [0.5, 0.6) is 0 Å². The van der Waals surface area contributed by atoms with Crippen molar-refractivity contribution in [3.8, 4) is 0 Å². The molecule has 1 unspecified atom stereocenters. The molecule has 78 valence electrons. The molecule has 0 radical (unpaired) electrons. The van der Waals surface area contributed by atoms with Gasteiger partial charge < -0.3 is 11.1 Å². The second-order valence-electron chi connectivity index (χ2n) is 3.56. The molecule has 0 aliphatic heterocycles. The van der Waals surface area contributed by atoms with E-state index in [0.29, 0.717) is 12.5 Å². The normalized spacial score (nSPS) is 13.0. The third kappa shape index (κ3) is 4.88. The molecule has 0 aliphatic carbocycles. The lowest BCUT2D eigenvalue weighted by Crippen LogP contribution is -2.36. The lowest BCUT2D eigenvalue weighted by Gasteiger charge is -2.15. The first-order chi connectivity index (χ1) is 6.15. The van der Waals surface area contributed by atoms with Crippen LogP contribution in [0.1, 0.15) is 33.6 Å². The number of hydrogen-bond acceptors (Lipinski definition) is 2. The van der Waals surface area contributed by atoms with E-state index in [1.54, 1.807) is 0 Å². The molecule has 0 saturated carbocycles. The summed E-state index contributed by atoms with van der Waals surface area (Å²) in [5, 5.41) is 2.92. The topological polar surface area (TPSA) is 55.1 Å². The zero-order chi connectivity index (χ0) is 10.3. The van der Waals surface area contributed by atoms with Crippen molar-refractivity contribution in [2.45, 2.75) is 33.6 Å². The van der Waals surface area contributed by atoms with Crippen molar-refractivity contribution in [2.24, 2.45) is 17.6 Å². The second kappa shape index (κ2) is 6.89. The maximum Gasteiger partial charge on any atom is 0.224 e. The van der Waals surface area contributed by atoms with Gasteiger partial charge in [-0.25, -0.2) is 0 Å². The third-order valence-corrected chi connectivity index (χ3v) is 2.52. The van der Waals surface area contributed by atoms with Crippen molar-refractivity contribution in [2.75, 3.05) is 13.1 Å². The van der Waals surface area contributed by atoms with Crippen LogP contribution in [0.15, 0.2) is 0 Å². The molecule has 3 nitrogen and oxygen atoms in total. The summed E-state index contributed by atoms with van der Waals surface area (Å²) in [6.45, 7) is 7.35. The standard InChI is InChI=1S/C10H22N2O/c1-4-9(5-2)7-12-10(13)8(3)6-11/h8-9H,4-7,11H2,1-3H3,(H,12,13). The van der Waals surface area contributed by atoms with Crippen LogP contribution in [0.25, 0.3) is 0 Å². The molecule has 0 aliphatic rings. The number of nitrogens with one attached hydrogen (secondary N) is 1. The first kappa shape index (κ1) is 12.4. The Balaban J connectivity index is 3.68. The third-order valence-electron chi connectivity index (χ3n) is 2.52. The van der Waals surface area contributed by atoms with Gasteiger partial charge in [-0.05, 0) is 5.92 Å². The minimum atomic E-state index is -0.0608. The Hall–Kier alpha value is -0.570. The molecule has 0 aromatic heterocycles. The van der Waals surface area contributed by atoms with Gasteiger partial charge in [-0.15, -0.1) is 0 Å². The Labute approximate surface area is 81.1 Å². The molecule has 0 saturated heterocycles. The van der Waals surface area contributed by atoms with Crippen LogP contribution in [0.4, 0.5) is 0 Å². The van der Waals surface area contributed by atoms with Gasteiger partial charge in [-0.3, -0.25) is 4.79 Å². The van der Waals surface area contributed by atoms with E-state index < -0.39 is 0 Å². The van der Waals surface area contributed by atoms with Gasteiger partial charge >= 0.3 is 0 Å². The maximum absolute atomic E-state index is 11.3. The van der Waals surface area contributed by atoms with Crippen molar-refractivity contribution in [1.82, 2.24) is 5.32 Å². The van der Waals surface area contributed by atoms with Crippen molar-refractivity contribution in [1.29, 1.82) is 0 Å². The van der Waals surface area contributed by atoms with E-state index in [-0.39, 0.29) is 11.8 Å². The SMILES string of the molecule is CCC(CC)CNC(=O)C(C)CN. The number of hydrogen-bond donors (Lipinski definition) is 2. The summed E-state index contributed by atoms with van der Waals surface area (Å²) in [6.07, 6.45) is 2.24. The lowest BCUT2D eigenvalue weighted by molar-refractivity contribution is -0.124. The number of carbonyl (C=O) groups is 1. The predicted molar refractivity (Wildman–Crippen MR) is 55.3 cm³/mol. The highest BCUT2D eigenvalue weighted by molar-refractivity contribution is 5.78.